The van der Waals surface area contributed by atoms with Crippen LogP contribution in [0, 0.1) is 12.7 Å². The van der Waals surface area contributed by atoms with Crippen LogP contribution in [-0.4, -0.2) is 0 Å². The van der Waals surface area contributed by atoms with Crippen molar-refractivity contribution in [2.24, 2.45) is 0 Å². The number of hydrogen-bond acceptors (Lipinski definition) is 1. The fourth-order valence-electron chi connectivity index (χ4n) is 1.42. The van der Waals surface area contributed by atoms with Crippen molar-refractivity contribution in [1.82, 2.24) is 0 Å². The molecule has 0 nitrogen and oxygen atoms in total. The lowest BCUT2D eigenvalue weighted by Gasteiger charge is -2.03. The third-order valence-corrected chi connectivity index (χ3v) is 3.31. The fraction of sp³-hybridized carbons (Fsp3) is 0.200. The quantitative estimate of drug-likeness (QED) is 0.628. The number of halogens is 2. The van der Waals surface area contributed by atoms with Crippen molar-refractivity contribution in [3.8, 4) is 0 Å². The van der Waals surface area contributed by atoms with Gasteiger partial charge in [-0.05, 0) is 35.4 Å². The van der Waals surface area contributed by atoms with Crippen molar-refractivity contribution >= 4 is 33.0 Å². The van der Waals surface area contributed by atoms with Gasteiger partial charge in [0.25, 0.3) is 0 Å². The van der Waals surface area contributed by atoms with Crippen molar-refractivity contribution < 1.29 is 4.39 Å². The summed E-state index contributed by atoms with van der Waals surface area (Å²) in [5.74, 6) is 0.0708. The Morgan fingerprint density at radius 3 is 3.00 bits per heavy atom. The first-order valence-corrected chi connectivity index (χ1v) is 5.36. The average Bonchev–Trinajstić information content (AvgIpc) is 2.59. The molecular weight excluding hydrogens is 207 g/mol. The maximum Gasteiger partial charge on any atom is 0.131 e. The molecule has 1 aromatic carbocycles. The summed E-state index contributed by atoms with van der Waals surface area (Å²) in [5, 5.41) is 2.96. The van der Waals surface area contributed by atoms with E-state index in [4.69, 9.17) is 11.6 Å². The number of rotatable bonds is 1. The Hall–Kier alpha value is -0.600. The van der Waals surface area contributed by atoms with Gasteiger partial charge in [0.15, 0.2) is 0 Å². The third kappa shape index (κ3) is 1.34. The first kappa shape index (κ1) is 8.97. The molecule has 0 aliphatic carbocycles. The van der Waals surface area contributed by atoms with E-state index in [0.29, 0.717) is 11.1 Å². The first-order valence-electron chi connectivity index (χ1n) is 3.95. The number of benzene rings is 1. The molecule has 0 aliphatic heterocycles. The van der Waals surface area contributed by atoms with Crippen molar-refractivity contribution in [2.75, 3.05) is 0 Å². The smallest absolute Gasteiger partial charge is 0.131 e. The Balaban J connectivity index is 2.83. The van der Waals surface area contributed by atoms with E-state index >= 15 is 0 Å². The highest BCUT2D eigenvalue weighted by molar-refractivity contribution is 7.17. The highest BCUT2D eigenvalue weighted by atomic mass is 35.5. The minimum atomic E-state index is -0.166. The van der Waals surface area contributed by atoms with Crippen LogP contribution < -0.4 is 0 Å². The molecule has 2 aromatic rings. The van der Waals surface area contributed by atoms with Gasteiger partial charge in [0.05, 0.1) is 5.88 Å². The molecule has 0 N–H and O–H groups in total. The molecule has 2 rings (SSSR count). The van der Waals surface area contributed by atoms with E-state index < -0.39 is 0 Å². The molecule has 0 saturated heterocycles. The van der Waals surface area contributed by atoms with Crippen LogP contribution in [0.15, 0.2) is 17.5 Å². The predicted molar refractivity (Wildman–Crippen MR) is 56.1 cm³/mol. The molecule has 0 atom stereocenters. The van der Waals surface area contributed by atoms with Gasteiger partial charge in [0.2, 0.25) is 0 Å². The summed E-state index contributed by atoms with van der Waals surface area (Å²) in [6.45, 7) is 1.79. The monoisotopic (exact) mass is 214 g/mol. The Morgan fingerprint density at radius 1 is 1.54 bits per heavy atom. The molecule has 0 fully saturated rings. The van der Waals surface area contributed by atoms with Crippen LogP contribution in [0.3, 0.4) is 0 Å². The van der Waals surface area contributed by atoms with Crippen LogP contribution in [0.25, 0.3) is 10.1 Å². The molecule has 0 aliphatic rings. The molecule has 0 spiro atoms. The molecule has 0 unspecified atom stereocenters. The van der Waals surface area contributed by atoms with Gasteiger partial charge in [-0.15, -0.1) is 22.9 Å². The molecule has 0 amide bonds. The van der Waals surface area contributed by atoms with Gasteiger partial charge in [0, 0.05) is 10.3 Å². The maximum absolute atomic E-state index is 13.5. The minimum Gasteiger partial charge on any atom is -0.206 e. The molecular formula is C10H8ClFS. The number of hydrogen-bond donors (Lipinski definition) is 0. The molecule has 13 heavy (non-hydrogen) atoms. The summed E-state index contributed by atoms with van der Waals surface area (Å²) in [7, 11) is 0. The average molecular weight is 215 g/mol. The van der Waals surface area contributed by atoms with Crippen molar-refractivity contribution in [3.63, 3.8) is 0 Å². The topological polar surface area (TPSA) is 0 Å². The zero-order chi connectivity index (χ0) is 9.42. The van der Waals surface area contributed by atoms with Gasteiger partial charge in [-0.1, -0.05) is 0 Å². The predicted octanol–water partition coefficient (Wildman–Crippen LogP) is 4.09. The number of alkyl halides is 1. The fourth-order valence-corrected chi connectivity index (χ4v) is 2.52. The van der Waals surface area contributed by atoms with Crippen LogP contribution in [0.2, 0.25) is 0 Å². The number of fused-ring (bicyclic) bond motifs is 1. The lowest BCUT2D eigenvalue weighted by Crippen LogP contribution is -1.90. The second-order valence-electron chi connectivity index (χ2n) is 2.94. The van der Waals surface area contributed by atoms with Crippen LogP contribution in [0.1, 0.15) is 11.1 Å². The second-order valence-corrected chi connectivity index (χ2v) is 4.16. The summed E-state index contributed by atoms with van der Waals surface area (Å²) in [5.41, 5.74) is 1.29. The van der Waals surface area contributed by atoms with Crippen LogP contribution in [0.4, 0.5) is 4.39 Å². The number of thiophene rings is 1. The largest absolute Gasteiger partial charge is 0.206 e. The Morgan fingerprint density at radius 2 is 2.31 bits per heavy atom. The highest BCUT2D eigenvalue weighted by Crippen LogP contribution is 2.28. The van der Waals surface area contributed by atoms with E-state index in [-0.39, 0.29) is 11.7 Å². The summed E-state index contributed by atoms with van der Waals surface area (Å²) < 4.78 is 14.6. The van der Waals surface area contributed by atoms with Crippen molar-refractivity contribution in [1.29, 1.82) is 0 Å². The molecule has 1 heterocycles. The summed E-state index contributed by atoms with van der Waals surface area (Å²) in [6, 6.07) is 3.77. The van der Waals surface area contributed by atoms with Crippen LogP contribution in [-0.2, 0) is 5.88 Å². The molecule has 0 bridgehead atoms. The first-order chi connectivity index (χ1) is 6.24. The SMILES string of the molecule is Cc1c(F)c(CCl)cc2sccc12. The van der Waals surface area contributed by atoms with E-state index in [1.54, 1.807) is 18.3 Å². The normalized spacial score (nSPS) is 11.0. The van der Waals surface area contributed by atoms with E-state index in [2.05, 4.69) is 0 Å². The Bertz CT molecular complexity index is 447. The molecule has 3 heteroatoms. The van der Waals surface area contributed by atoms with E-state index in [1.807, 2.05) is 17.5 Å². The molecule has 0 radical (unpaired) electrons. The number of aryl methyl sites for hydroxylation is 1. The van der Waals surface area contributed by atoms with Crippen LogP contribution >= 0.6 is 22.9 Å². The lowest BCUT2D eigenvalue weighted by atomic mass is 10.1. The molecule has 0 saturated carbocycles. The van der Waals surface area contributed by atoms with Crippen molar-refractivity contribution in [2.45, 2.75) is 12.8 Å². The van der Waals surface area contributed by atoms with Gasteiger partial charge in [-0.25, -0.2) is 4.39 Å². The van der Waals surface area contributed by atoms with E-state index in [0.717, 1.165) is 10.1 Å². The zero-order valence-corrected chi connectivity index (χ0v) is 8.68. The van der Waals surface area contributed by atoms with Gasteiger partial charge in [-0.3, -0.25) is 0 Å². The van der Waals surface area contributed by atoms with Crippen LogP contribution in [0.5, 0.6) is 0 Å². The van der Waals surface area contributed by atoms with E-state index in [1.165, 1.54) is 0 Å². The summed E-state index contributed by atoms with van der Waals surface area (Å²) >= 11 is 7.25. The Labute approximate surface area is 85.0 Å². The minimum absolute atomic E-state index is 0.166. The Kier molecular flexibility index (Phi) is 2.26. The maximum atomic E-state index is 13.5. The molecule has 68 valence electrons. The standard InChI is InChI=1S/C10H8ClFS/c1-6-8-2-3-13-9(8)4-7(5-11)10(6)12/h2-4H,5H2,1H3. The van der Waals surface area contributed by atoms with Gasteiger partial charge in [0.1, 0.15) is 5.82 Å². The van der Waals surface area contributed by atoms with Crippen molar-refractivity contribution in [3.05, 3.63) is 34.5 Å². The van der Waals surface area contributed by atoms with Gasteiger partial charge < -0.3 is 0 Å². The summed E-state index contributed by atoms with van der Waals surface area (Å²) in [4.78, 5) is 0. The van der Waals surface area contributed by atoms with E-state index in [9.17, 15) is 4.39 Å². The molecule has 1 aromatic heterocycles. The lowest BCUT2D eigenvalue weighted by molar-refractivity contribution is 0.610. The van der Waals surface area contributed by atoms with Gasteiger partial charge >= 0.3 is 0 Å². The third-order valence-electron chi connectivity index (χ3n) is 2.16. The summed E-state index contributed by atoms with van der Waals surface area (Å²) in [6.07, 6.45) is 0. The zero-order valence-electron chi connectivity index (χ0n) is 7.10. The highest BCUT2D eigenvalue weighted by Gasteiger charge is 2.09. The van der Waals surface area contributed by atoms with Gasteiger partial charge in [-0.2, -0.15) is 0 Å². The second kappa shape index (κ2) is 3.28.